The van der Waals surface area contributed by atoms with Crippen molar-refractivity contribution in [1.29, 1.82) is 0 Å². The molecule has 0 fully saturated rings. The van der Waals surface area contributed by atoms with Gasteiger partial charge in [0.15, 0.2) is 0 Å². The summed E-state index contributed by atoms with van der Waals surface area (Å²) >= 11 is 15.5. The zero-order valence-electron chi connectivity index (χ0n) is 7.92. The Bertz CT molecular complexity index is 381. The molecule has 0 aliphatic carbocycles. The van der Waals surface area contributed by atoms with Crippen molar-refractivity contribution >= 4 is 41.7 Å². The lowest BCUT2D eigenvalue weighted by Crippen LogP contribution is -2.25. The maximum absolute atomic E-state index is 8.89. The molecule has 0 saturated heterocycles. The van der Waals surface area contributed by atoms with E-state index in [4.69, 9.17) is 37.7 Å². The molecule has 0 unspecified atom stereocenters. The van der Waals surface area contributed by atoms with E-state index < -0.39 is 11.2 Å². The number of hydrogen-bond donors (Lipinski definition) is 2. The molecule has 0 heterocycles. The molecule has 8 heteroatoms. The molecule has 4 nitrogen and oxygen atoms in total. The molecule has 0 aliphatic rings. The topological polar surface area (TPSA) is 58.9 Å². The van der Waals surface area contributed by atoms with E-state index in [0.29, 0.717) is 5.75 Å². The molecule has 0 aliphatic heterocycles. The largest absolute Gasteiger partial charge is 0.488 e. The minimum absolute atomic E-state index is 0.278. The number of benzene rings is 1. The van der Waals surface area contributed by atoms with Gasteiger partial charge in [0, 0.05) is 0 Å². The molecule has 2 N–H and O–H groups in total. The monoisotopic (exact) mass is 302 g/mol. The van der Waals surface area contributed by atoms with Crippen LogP contribution >= 0.6 is 29.9 Å². The van der Waals surface area contributed by atoms with E-state index in [2.05, 4.69) is 16.3 Å². The number of alkyl halides is 2. The summed E-state index contributed by atoms with van der Waals surface area (Å²) < 4.78 is 7.77. The minimum atomic E-state index is -3.92. The fourth-order valence-electron chi connectivity index (χ4n) is 0.884. The van der Waals surface area contributed by atoms with Gasteiger partial charge in [-0.15, -0.1) is 0 Å². The van der Waals surface area contributed by atoms with Crippen LogP contribution in [0.15, 0.2) is 30.3 Å². The van der Waals surface area contributed by atoms with Crippen molar-refractivity contribution in [3.8, 4) is 5.75 Å². The van der Waals surface area contributed by atoms with Crippen LogP contribution in [0.4, 0.5) is 0 Å². The van der Waals surface area contributed by atoms with Crippen LogP contribution in [0.25, 0.3) is 0 Å². The van der Waals surface area contributed by atoms with Crippen LogP contribution in [0.2, 0.25) is 0 Å². The molecule has 0 radical (unpaired) electrons. The lowest BCUT2D eigenvalue weighted by Gasteiger charge is -2.22. The second-order valence-electron chi connectivity index (χ2n) is 2.82. The molecule has 0 atom stereocenters. The smallest absolute Gasteiger partial charge is 0.324 e. The van der Waals surface area contributed by atoms with Crippen LogP contribution in [0.3, 0.4) is 0 Å². The average Bonchev–Trinajstić information content (AvgIpc) is 2.13. The molecular formula is C8H9Cl2O4PS. The Balaban J connectivity index is 2.51. The summed E-state index contributed by atoms with van der Waals surface area (Å²) in [7, 11) is 0. The summed E-state index contributed by atoms with van der Waals surface area (Å²) in [6.07, 6.45) is 0. The SMILES string of the molecule is OP(O)(=S)OC(Cl)(Cl)COc1ccccc1. The Labute approximate surface area is 108 Å². The van der Waals surface area contributed by atoms with Crippen LogP contribution < -0.4 is 4.74 Å². The predicted molar refractivity (Wildman–Crippen MR) is 66.2 cm³/mol. The molecule has 0 amide bonds. The summed E-state index contributed by atoms with van der Waals surface area (Å²) in [6.45, 7) is -4.20. The molecule has 0 saturated carbocycles. The van der Waals surface area contributed by atoms with Gasteiger partial charge in [-0.05, 0) is 23.9 Å². The van der Waals surface area contributed by atoms with Crippen LogP contribution in [0, 0.1) is 0 Å². The first-order valence-corrected chi connectivity index (χ1v) is 7.49. The van der Waals surface area contributed by atoms with Crippen LogP contribution in [0.5, 0.6) is 5.75 Å². The maximum atomic E-state index is 8.89. The van der Waals surface area contributed by atoms with E-state index in [1.807, 2.05) is 6.07 Å². The molecule has 0 bridgehead atoms. The third-order valence-electron chi connectivity index (χ3n) is 1.40. The van der Waals surface area contributed by atoms with Gasteiger partial charge < -0.3 is 14.5 Å². The van der Waals surface area contributed by atoms with Gasteiger partial charge in [0.1, 0.15) is 12.4 Å². The quantitative estimate of drug-likeness (QED) is 0.646. The van der Waals surface area contributed by atoms with Gasteiger partial charge in [0.25, 0.3) is 4.52 Å². The number of para-hydroxylation sites is 1. The van der Waals surface area contributed by atoms with Gasteiger partial charge >= 0.3 is 6.72 Å². The van der Waals surface area contributed by atoms with Crippen LogP contribution in [0.1, 0.15) is 0 Å². The number of ether oxygens (including phenoxy) is 1. The predicted octanol–water partition coefficient (Wildman–Crippen LogP) is 2.42. The highest BCUT2D eigenvalue weighted by atomic mass is 35.5. The Morgan fingerprint density at radius 3 is 2.31 bits per heavy atom. The highest BCUT2D eigenvalue weighted by Gasteiger charge is 2.32. The van der Waals surface area contributed by atoms with Crippen molar-refractivity contribution < 1.29 is 19.0 Å². The number of rotatable bonds is 5. The van der Waals surface area contributed by atoms with E-state index in [1.165, 1.54) is 0 Å². The van der Waals surface area contributed by atoms with Gasteiger partial charge in [0.05, 0.1) is 0 Å². The summed E-state index contributed by atoms with van der Waals surface area (Å²) in [5.74, 6) is 0.529. The van der Waals surface area contributed by atoms with Gasteiger partial charge in [-0.2, -0.15) is 0 Å². The summed E-state index contributed by atoms with van der Waals surface area (Å²) in [5, 5.41) is 0. The summed E-state index contributed by atoms with van der Waals surface area (Å²) in [5.41, 5.74) is 0. The molecular weight excluding hydrogens is 294 g/mol. The molecule has 0 aromatic heterocycles. The van der Waals surface area contributed by atoms with Crippen molar-refractivity contribution in [3.05, 3.63) is 30.3 Å². The second-order valence-corrected chi connectivity index (χ2v) is 6.83. The summed E-state index contributed by atoms with van der Waals surface area (Å²) in [4.78, 5) is 17.8. The van der Waals surface area contributed by atoms with Gasteiger partial charge in [0.2, 0.25) is 0 Å². The molecule has 1 aromatic carbocycles. The van der Waals surface area contributed by atoms with Gasteiger partial charge in [-0.25, -0.2) is 0 Å². The number of hydrogen-bond acceptors (Lipinski definition) is 3. The first-order valence-electron chi connectivity index (χ1n) is 4.10. The lowest BCUT2D eigenvalue weighted by molar-refractivity contribution is 0.137. The van der Waals surface area contributed by atoms with Crippen molar-refractivity contribution in [2.75, 3.05) is 6.61 Å². The molecule has 1 rings (SSSR count). The van der Waals surface area contributed by atoms with Crippen molar-refractivity contribution in [2.24, 2.45) is 0 Å². The van der Waals surface area contributed by atoms with E-state index in [9.17, 15) is 0 Å². The number of halogens is 2. The molecule has 90 valence electrons. The van der Waals surface area contributed by atoms with Crippen LogP contribution in [-0.4, -0.2) is 20.9 Å². The second kappa shape index (κ2) is 5.65. The maximum Gasteiger partial charge on any atom is 0.324 e. The van der Waals surface area contributed by atoms with Crippen molar-refractivity contribution in [2.45, 2.75) is 4.52 Å². The minimum Gasteiger partial charge on any atom is -0.488 e. The highest BCUT2D eigenvalue weighted by molar-refractivity contribution is 8.06. The first kappa shape index (κ1) is 14.2. The van der Waals surface area contributed by atoms with Crippen LogP contribution in [-0.2, 0) is 16.3 Å². The third-order valence-corrected chi connectivity index (χ3v) is 2.76. The standard InChI is InChI=1S/C8H9Cl2O4PS/c9-8(10,14-15(11,12)16)6-13-7-4-2-1-3-5-7/h1-5H,6H2,(H2,11,12,16). The van der Waals surface area contributed by atoms with E-state index in [-0.39, 0.29) is 6.61 Å². The molecule has 1 aromatic rings. The van der Waals surface area contributed by atoms with Crippen molar-refractivity contribution in [1.82, 2.24) is 0 Å². The first-order chi connectivity index (χ1) is 7.29. The van der Waals surface area contributed by atoms with Gasteiger partial charge in [-0.3, -0.25) is 4.52 Å². The Kier molecular flexibility index (Phi) is 5.01. The Morgan fingerprint density at radius 1 is 1.25 bits per heavy atom. The summed E-state index contributed by atoms with van der Waals surface area (Å²) in [6, 6.07) is 8.74. The normalized spacial score (nSPS) is 12.5. The van der Waals surface area contributed by atoms with Crippen molar-refractivity contribution in [3.63, 3.8) is 0 Å². The van der Waals surface area contributed by atoms with E-state index in [0.717, 1.165) is 0 Å². The van der Waals surface area contributed by atoms with Gasteiger partial charge in [-0.1, -0.05) is 41.4 Å². The fraction of sp³-hybridized carbons (Fsp3) is 0.250. The average molecular weight is 303 g/mol. The molecule has 0 spiro atoms. The third kappa shape index (κ3) is 6.01. The lowest BCUT2D eigenvalue weighted by atomic mass is 10.3. The highest BCUT2D eigenvalue weighted by Crippen LogP contribution is 2.45. The zero-order valence-corrected chi connectivity index (χ0v) is 11.1. The molecule has 16 heavy (non-hydrogen) atoms. The van der Waals surface area contributed by atoms with E-state index >= 15 is 0 Å². The fourth-order valence-corrected chi connectivity index (χ4v) is 2.60. The Morgan fingerprint density at radius 2 is 1.81 bits per heavy atom. The Hall–Kier alpha value is 0.130. The zero-order chi connectivity index (χ0) is 12.2. The van der Waals surface area contributed by atoms with E-state index in [1.54, 1.807) is 24.3 Å².